The summed E-state index contributed by atoms with van der Waals surface area (Å²) in [5.41, 5.74) is 4.14. The lowest BCUT2D eigenvalue weighted by atomic mass is 10.1. The van der Waals surface area contributed by atoms with Gasteiger partial charge >= 0.3 is 5.97 Å². The zero-order valence-electron chi connectivity index (χ0n) is 17.0. The first kappa shape index (κ1) is 22.2. The Morgan fingerprint density at radius 1 is 1.17 bits per heavy atom. The van der Waals surface area contributed by atoms with E-state index in [-0.39, 0.29) is 12.2 Å². The molecule has 0 N–H and O–H groups in total. The van der Waals surface area contributed by atoms with Crippen LogP contribution in [-0.2, 0) is 9.53 Å². The summed E-state index contributed by atoms with van der Waals surface area (Å²) in [5.74, 6) is -0.672. The first-order valence-electron chi connectivity index (χ1n) is 9.39. The molecule has 0 heterocycles. The van der Waals surface area contributed by atoms with Gasteiger partial charge in [-0.3, -0.25) is 0 Å². The highest BCUT2D eigenvalue weighted by Gasteiger charge is 2.11. The molecule has 0 spiro atoms. The first-order chi connectivity index (χ1) is 14.5. The fraction of sp³-hybridized carbons (Fsp3) is 0.160. The van der Waals surface area contributed by atoms with Gasteiger partial charge in [-0.05, 0) is 54.3 Å². The van der Waals surface area contributed by atoms with Crippen LogP contribution < -0.4 is 4.90 Å². The lowest BCUT2D eigenvalue weighted by Gasteiger charge is -2.19. The minimum atomic E-state index is -0.672. The standard InChI is InChI=1S/C25H23N3O2/c1-5-20-8-12-23(13-9-20)28(4)24-14-10-21(11-15-24)17-22(18-26)25(29)30-16-6-7-19(2)27-3/h5,8-15,17H,1-2,6-7,16H2,4H3. The Balaban J connectivity index is 2.02. The lowest BCUT2D eigenvalue weighted by Crippen LogP contribution is -2.09. The molecule has 0 saturated heterocycles. The summed E-state index contributed by atoms with van der Waals surface area (Å²) in [7, 11) is 1.97. The Bertz CT molecular complexity index is 1020. The minimum Gasteiger partial charge on any atom is -0.462 e. The molecule has 2 rings (SSSR count). The Kier molecular flexibility index (Phi) is 8.17. The molecule has 0 fully saturated rings. The topological polar surface area (TPSA) is 57.7 Å². The SMILES string of the molecule is [C-]#[N+]C(=C)CCCOC(=O)C(C#N)=Cc1ccc(N(C)c2ccc(C=C)cc2)cc1. The number of nitriles is 1. The number of benzene rings is 2. The summed E-state index contributed by atoms with van der Waals surface area (Å²) >= 11 is 0. The second-order valence-corrected chi connectivity index (χ2v) is 6.53. The lowest BCUT2D eigenvalue weighted by molar-refractivity contribution is -0.138. The average molecular weight is 397 g/mol. The molecule has 0 aliphatic heterocycles. The van der Waals surface area contributed by atoms with Gasteiger partial charge in [-0.2, -0.15) is 5.26 Å². The van der Waals surface area contributed by atoms with Gasteiger partial charge in [-0.15, -0.1) is 0 Å². The zero-order valence-corrected chi connectivity index (χ0v) is 17.0. The van der Waals surface area contributed by atoms with Crippen LogP contribution in [-0.4, -0.2) is 19.6 Å². The Morgan fingerprint density at radius 3 is 2.23 bits per heavy atom. The Hall–Kier alpha value is -4.09. The van der Waals surface area contributed by atoms with Crippen LogP contribution in [0.3, 0.4) is 0 Å². The number of ether oxygens (including phenoxy) is 1. The van der Waals surface area contributed by atoms with Gasteiger partial charge in [0.2, 0.25) is 0 Å². The van der Waals surface area contributed by atoms with Crippen molar-refractivity contribution in [2.75, 3.05) is 18.6 Å². The largest absolute Gasteiger partial charge is 0.462 e. The Labute approximate surface area is 177 Å². The number of rotatable bonds is 9. The molecule has 0 aromatic heterocycles. The third-order valence-corrected chi connectivity index (χ3v) is 4.45. The number of nitrogens with zero attached hydrogens (tertiary/aromatic N) is 3. The van der Waals surface area contributed by atoms with Crippen LogP contribution in [0.15, 0.2) is 73.0 Å². The second kappa shape index (κ2) is 11.0. The first-order valence-corrected chi connectivity index (χ1v) is 9.39. The molecule has 30 heavy (non-hydrogen) atoms. The highest BCUT2D eigenvalue weighted by atomic mass is 16.5. The van der Waals surface area contributed by atoms with Crippen LogP contribution in [0.4, 0.5) is 11.4 Å². The molecular formula is C25H23N3O2. The number of carbonyl (C=O) groups excluding carboxylic acids is 1. The molecule has 0 bridgehead atoms. The predicted octanol–water partition coefficient (Wildman–Crippen LogP) is 5.76. The van der Waals surface area contributed by atoms with Crippen molar-refractivity contribution in [2.45, 2.75) is 12.8 Å². The predicted molar refractivity (Wildman–Crippen MR) is 121 cm³/mol. The van der Waals surface area contributed by atoms with Crippen molar-refractivity contribution in [3.8, 4) is 6.07 Å². The van der Waals surface area contributed by atoms with Gasteiger partial charge in [0.05, 0.1) is 13.2 Å². The fourth-order valence-electron chi connectivity index (χ4n) is 2.66. The second-order valence-electron chi connectivity index (χ2n) is 6.53. The van der Waals surface area contributed by atoms with E-state index >= 15 is 0 Å². The Morgan fingerprint density at radius 2 is 1.73 bits per heavy atom. The normalized spacial score (nSPS) is 10.4. The zero-order chi connectivity index (χ0) is 21.9. The van der Waals surface area contributed by atoms with E-state index in [1.807, 2.05) is 66.5 Å². The van der Waals surface area contributed by atoms with Crippen LogP contribution in [0.2, 0.25) is 0 Å². The third-order valence-electron chi connectivity index (χ3n) is 4.45. The monoisotopic (exact) mass is 397 g/mol. The van der Waals surface area contributed by atoms with E-state index in [0.29, 0.717) is 18.5 Å². The smallest absolute Gasteiger partial charge is 0.348 e. The highest BCUT2D eigenvalue weighted by molar-refractivity contribution is 5.97. The van der Waals surface area contributed by atoms with Gasteiger partial charge in [0.15, 0.2) is 5.70 Å². The number of esters is 1. The van der Waals surface area contributed by atoms with Gasteiger partial charge in [0.25, 0.3) is 0 Å². The summed E-state index contributed by atoms with van der Waals surface area (Å²) < 4.78 is 5.11. The van der Waals surface area contributed by atoms with Gasteiger partial charge in [0.1, 0.15) is 11.6 Å². The van der Waals surface area contributed by atoms with Crippen molar-refractivity contribution in [2.24, 2.45) is 0 Å². The minimum absolute atomic E-state index is 0.0693. The molecular weight excluding hydrogens is 374 g/mol. The van der Waals surface area contributed by atoms with Gasteiger partial charge in [-0.25, -0.2) is 9.64 Å². The fourth-order valence-corrected chi connectivity index (χ4v) is 2.66. The van der Waals surface area contributed by atoms with Crippen molar-refractivity contribution in [1.82, 2.24) is 0 Å². The summed E-state index contributed by atoms with van der Waals surface area (Å²) in [5, 5.41) is 9.29. The molecule has 2 aromatic rings. The van der Waals surface area contributed by atoms with Crippen molar-refractivity contribution in [1.29, 1.82) is 5.26 Å². The maximum atomic E-state index is 12.1. The quantitative estimate of drug-likeness (QED) is 0.177. The van der Waals surface area contributed by atoms with Crippen molar-refractivity contribution < 1.29 is 9.53 Å². The molecule has 0 saturated carbocycles. The number of anilines is 2. The van der Waals surface area contributed by atoms with Crippen LogP contribution in [0, 0.1) is 17.9 Å². The van der Waals surface area contributed by atoms with E-state index in [2.05, 4.69) is 18.0 Å². The van der Waals surface area contributed by atoms with Crippen LogP contribution in [0.25, 0.3) is 17.0 Å². The number of carbonyl (C=O) groups is 1. The van der Waals surface area contributed by atoms with E-state index in [4.69, 9.17) is 11.3 Å². The molecule has 0 amide bonds. The average Bonchev–Trinajstić information content (AvgIpc) is 2.79. The third kappa shape index (κ3) is 6.22. The van der Waals surface area contributed by atoms with Gasteiger partial charge in [0, 0.05) is 18.4 Å². The molecule has 5 nitrogen and oxygen atoms in total. The van der Waals surface area contributed by atoms with Crippen molar-refractivity contribution >= 4 is 29.5 Å². The van der Waals surface area contributed by atoms with E-state index < -0.39 is 5.97 Å². The molecule has 0 unspecified atom stereocenters. The number of allylic oxidation sites excluding steroid dienone is 1. The molecule has 0 atom stereocenters. The van der Waals surface area contributed by atoms with E-state index in [0.717, 1.165) is 22.5 Å². The number of hydrogen-bond donors (Lipinski definition) is 0. The number of hydrogen-bond acceptors (Lipinski definition) is 4. The van der Waals surface area contributed by atoms with Crippen LogP contribution in [0.1, 0.15) is 24.0 Å². The molecule has 150 valence electrons. The molecule has 0 aliphatic rings. The van der Waals surface area contributed by atoms with E-state index in [9.17, 15) is 10.1 Å². The van der Waals surface area contributed by atoms with E-state index in [1.165, 1.54) is 6.08 Å². The molecule has 5 heteroatoms. The molecule has 0 aliphatic carbocycles. The van der Waals surface area contributed by atoms with Gasteiger partial charge < -0.3 is 9.64 Å². The summed E-state index contributed by atoms with van der Waals surface area (Å²) in [6.07, 6.45) is 4.27. The van der Waals surface area contributed by atoms with Gasteiger partial charge in [-0.1, -0.05) is 43.5 Å². The van der Waals surface area contributed by atoms with Crippen molar-refractivity contribution in [3.05, 3.63) is 95.5 Å². The molecule has 2 aromatic carbocycles. The summed E-state index contributed by atoms with van der Waals surface area (Å²) in [6.45, 7) is 14.3. The maximum Gasteiger partial charge on any atom is 0.348 e. The van der Waals surface area contributed by atoms with E-state index in [1.54, 1.807) is 6.08 Å². The summed E-state index contributed by atoms with van der Waals surface area (Å²) in [6, 6.07) is 17.4. The summed E-state index contributed by atoms with van der Waals surface area (Å²) in [4.78, 5) is 17.3. The maximum absolute atomic E-state index is 12.1. The molecule has 0 radical (unpaired) electrons. The van der Waals surface area contributed by atoms with Crippen LogP contribution in [0.5, 0.6) is 0 Å². The highest BCUT2D eigenvalue weighted by Crippen LogP contribution is 2.25. The van der Waals surface area contributed by atoms with Crippen LogP contribution >= 0.6 is 0 Å². The van der Waals surface area contributed by atoms with Crippen molar-refractivity contribution in [3.63, 3.8) is 0 Å².